The van der Waals surface area contributed by atoms with Gasteiger partial charge in [0.15, 0.2) is 0 Å². The molecule has 3 heteroatoms. The Morgan fingerprint density at radius 2 is 1.89 bits per heavy atom. The number of fused-ring (bicyclic) bond motifs is 1. The highest BCUT2D eigenvalue weighted by Gasteiger charge is 2.22. The Morgan fingerprint density at radius 1 is 1.16 bits per heavy atom. The van der Waals surface area contributed by atoms with Crippen LogP contribution in [0.2, 0.25) is 0 Å². The van der Waals surface area contributed by atoms with Crippen molar-refractivity contribution in [3.05, 3.63) is 29.3 Å². The van der Waals surface area contributed by atoms with Crippen LogP contribution in [0, 0.1) is 0 Å². The molecule has 0 spiro atoms. The van der Waals surface area contributed by atoms with Crippen LogP contribution in [-0.2, 0) is 17.9 Å². The standard InChI is InChI=1S/C16H24N2O/c1-2-3-4-5-6-7-16(19)18-11-13-8-9-15(17)10-14(13)12-18/h8-10H,2-7,11-12,17H2,1H3. The maximum Gasteiger partial charge on any atom is 0.223 e. The number of carbonyl (C=O) groups excluding carboxylic acids is 1. The molecule has 0 bridgehead atoms. The van der Waals surface area contributed by atoms with Gasteiger partial charge in [0, 0.05) is 25.2 Å². The summed E-state index contributed by atoms with van der Waals surface area (Å²) in [5, 5.41) is 0. The van der Waals surface area contributed by atoms with Gasteiger partial charge in [0.2, 0.25) is 5.91 Å². The minimum Gasteiger partial charge on any atom is -0.399 e. The lowest BCUT2D eigenvalue weighted by atomic mass is 10.1. The SMILES string of the molecule is CCCCCCCC(=O)N1Cc2ccc(N)cc2C1. The monoisotopic (exact) mass is 260 g/mol. The number of hydrogen-bond donors (Lipinski definition) is 1. The summed E-state index contributed by atoms with van der Waals surface area (Å²) in [4.78, 5) is 14.1. The summed E-state index contributed by atoms with van der Waals surface area (Å²) in [6.45, 7) is 3.69. The van der Waals surface area contributed by atoms with E-state index in [1.54, 1.807) is 0 Å². The second kappa shape index (κ2) is 6.60. The molecule has 0 saturated heterocycles. The number of rotatable bonds is 6. The molecule has 1 aliphatic rings. The smallest absolute Gasteiger partial charge is 0.223 e. The van der Waals surface area contributed by atoms with Crippen molar-refractivity contribution >= 4 is 11.6 Å². The van der Waals surface area contributed by atoms with Crippen LogP contribution in [0.4, 0.5) is 5.69 Å². The third kappa shape index (κ3) is 3.72. The highest BCUT2D eigenvalue weighted by Crippen LogP contribution is 2.25. The van der Waals surface area contributed by atoms with Crippen molar-refractivity contribution in [1.29, 1.82) is 0 Å². The van der Waals surface area contributed by atoms with Crippen LogP contribution < -0.4 is 5.73 Å². The van der Waals surface area contributed by atoms with E-state index in [1.165, 1.54) is 36.8 Å². The minimum atomic E-state index is 0.284. The molecule has 1 aromatic rings. The van der Waals surface area contributed by atoms with Crippen LogP contribution >= 0.6 is 0 Å². The predicted octanol–water partition coefficient (Wildman–Crippen LogP) is 3.47. The summed E-state index contributed by atoms with van der Waals surface area (Å²) in [5.74, 6) is 0.284. The first kappa shape index (κ1) is 13.9. The molecular weight excluding hydrogens is 236 g/mol. The highest BCUT2D eigenvalue weighted by molar-refractivity contribution is 5.77. The Labute approximate surface area is 115 Å². The van der Waals surface area contributed by atoms with Gasteiger partial charge in [-0.25, -0.2) is 0 Å². The van der Waals surface area contributed by atoms with Crippen molar-refractivity contribution in [2.24, 2.45) is 0 Å². The number of nitrogen functional groups attached to an aromatic ring is 1. The fourth-order valence-corrected chi connectivity index (χ4v) is 2.63. The maximum absolute atomic E-state index is 12.1. The van der Waals surface area contributed by atoms with Crippen molar-refractivity contribution in [2.45, 2.75) is 58.5 Å². The average molecular weight is 260 g/mol. The molecular formula is C16H24N2O. The number of carbonyl (C=O) groups is 1. The fourth-order valence-electron chi connectivity index (χ4n) is 2.63. The molecule has 3 nitrogen and oxygen atoms in total. The first-order chi connectivity index (χ1) is 9.20. The Hall–Kier alpha value is -1.51. The fraction of sp³-hybridized carbons (Fsp3) is 0.562. The van der Waals surface area contributed by atoms with Crippen LogP contribution in [0.15, 0.2) is 18.2 Å². The zero-order valence-electron chi connectivity index (χ0n) is 11.8. The van der Waals surface area contributed by atoms with E-state index in [4.69, 9.17) is 5.73 Å². The largest absolute Gasteiger partial charge is 0.399 e. The predicted molar refractivity (Wildman–Crippen MR) is 78.5 cm³/mol. The van der Waals surface area contributed by atoms with Crippen molar-refractivity contribution in [2.75, 3.05) is 5.73 Å². The van der Waals surface area contributed by atoms with Gasteiger partial charge in [0.1, 0.15) is 0 Å². The van der Waals surface area contributed by atoms with E-state index in [-0.39, 0.29) is 5.91 Å². The molecule has 0 unspecified atom stereocenters. The minimum absolute atomic E-state index is 0.284. The van der Waals surface area contributed by atoms with E-state index in [1.807, 2.05) is 23.1 Å². The van der Waals surface area contributed by atoms with Crippen molar-refractivity contribution < 1.29 is 4.79 Å². The molecule has 2 rings (SSSR count). The van der Waals surface area contributed by atoms with Gasteiger partial charge < -0.3 is 10.6 Å². The number of nitrogens with two attached hydrogens (primary N) is 1. The van der Waals surface area contributed by atoms with Crippen LogP contribution in [-0.4, -0.2) is 10.8 Å². The number of amides is 1. The Balaban J connectivity index is 1.77. The zero-order valence-corrected chi connectivity index (χ0v) is 11.8. The lowest BCUT2D eigenvalue weighted by Crippen LogP contribution is -2.24. The summed E-state index contributed by atoms with van der Waals surface area (Å²) in [6.07, 6.45) is 6.66. The van der Waals surface area contributed by atoms with Gasteiger partial charge in [-0.15, -0.1) is 0 Å². The van der Waals surface area contributed by atoms with Crippen molar-refractivity contribution in [3.8, 4) is 0 Å². The van der Waals surface area contributed by atoms with E-state index >= 15 is 0 Å². The Bertz CT molecular complexity index is 442. The second-order valence-corrected chi connectivity index (χ2v) is 5.44. The number of unbranched alkanes of at least 4 members (excludes halogenated alkanes) is 4. The zero-order chi connectivity index (χ0) is 13.7. The summed E-state index contributed by atoms with van der Waals surface area (Å²) < 4.78 is 0. The van der Waals surface area contributed by atoms with Gasteiger partial charge in [0.25, 0.3) is 0 Å². The van der Waals surface area contributed by atoms with E-state index in [0.29, 0.717) is 6.42 Å². The lowest BCUT2D eigenvalue weighted by Gasteiger charge is -2.15. The number of benzene rings is 1. The molecule has 0 aromatic heterocycles. The number of hydrogen-bond acceptors (Lipinski definition) is 2. The van der Waals surface area contributed by atoms with Gasteiger partial charge in [-0.3, -0.25) is 4.79 Å². The first-order valence-corrected chi connectivity index (χ1v) is 7.35. The third-order valence-electron chi connectivity index (χ3n) is 3.80. The Morgan fingerprint density at radius 3 is 2.68 bits per heavy atom. The van der Waals surface area contributed by atoms with Crippen molar-refractivity contribution in [3.63, 3.8) is 0 Å². The van der Waals surface area contributed by atoms with Gasteiger partial charge >= 0.3 is 0 Å². The number of anilines is 1. The van der Waals surface area contributed by atoms with Crippen LogP contribution in [0.3, 0.4) is 0 Å². The molecule has 104 valence electrons. The summed E-state index contributed by atoms with van der Waals surface area (Å²) in [5.41, 5.74) is 9.01. The van der Waals surface area contributed by atoms with Gasteiger partial charge in [0.05, 0.1) is 0 Å². The van der Waals surface area contributed by atoms with E-state index in [0.717, 1.165) is 25.2 Å². The molecule has 1 aromatic carbocycles. The molecule has 0 aliphatic carbocycles. The van der Waals surface area contributed by atoms with Crippen LogP contribution in [0.25, 0.3) is 0 Å². The molecule has 1 aliphatic heterocycles. The van der Waals surface area contributed by atoms with Crippen molar-refractivity contribution in [1.82, 2.24) is 4.90 Å². The second-order valence-electron chi connectivity index (χ2n) is 5.44. The third-order valence-corrected chi connectivity index (χ3v) is 3.80. The molecule has 2 N–H and O–H groups in total. The highest BCUT2D eigenvalue weighted by atomic mass is 16.2. The average Bonchev–Trinajstić information content (AvgIpc) is 2.81. The number of nitrogens with zero attached hydrogens (tertiary/aromatic N) is 1. The summed E-state index contributed by atoms with van der Waals surface area (Å²) >= 11 is 0. The van der Waals surface area contributed by atoms with Gasteiger partial charge in [-0.1, -0.05) is 38.7 Å². The molecule has 1 heterocycles. The first-order valence-electron chi connectivity index (χ1n) is 7.35. The molecule has 19 heavy (non-hydrogen) atoms. The summed E-state index contributed by atoms with van der Waals surface area (Å²) in [6, 6.07) is 5.95. The lowest BCUT2D eigenvalue weighted by molar-refractivity contribution is -0.131. The van der Waals surface area contributed by atoms with E-state index in [9.17, 15) is 4.79 Å². The maximum atomic E-state index is 12.1. The molecule has 0 fully saturated rings. The molecule has 0 radical (unpaired) electrons. The van der Waals surface area contributed by atoms with Gasteiger partial charge in [-0.05, 0) is 29.7 Å². The molecule has 0 saturated carbocycles. The normalized spacial score (nSPS) is 13.6. The quantitative estimate of drug-likeness (QED) is 0.629. The molecule has 1 amide bonds. The van der Waals surface area contributed by atoms with Crippen LogP contribution in [0.5, 0.6) is 0 Å². The van der Waals surface area contributed by atoms with E-state index < -0.39 is 0 Å². The van der Waals surface area contributed by atoms with Crippen LogP contribution in [0.1, 0.15) is 56.6 Å². The van der Waals surface area contributed by atoms with Gasteiger partial charge in [-0.2, -0.15) is 0 Å². The molecule has 0 atom stereocenters. The summed E-state index contributed by atoms with van der Waals surface area (Å²) in [7, 11) is 0. The van der Waals surface area contributed by atoms with E-state index in [2.05, 4.69) is 6.92 Å². The topological polar surface area (TPSA) is 46.3 Å². The Kier molecular flexibility index (Phi) is 4.83.